The maximum atomic E-state index is 13.1. The van der Waals surface area contributed by atoms with Crippen molar-refractivity contribution in [3.8, 4) is 5.75 Å². The number of hydrogen-bond donors (Lipinski definition) is 0. The first-order valence-corrected chi connectivity index (χ1v) is 15.0. The van der Waals surface area contributed by atoms with Crippen LogP contribution in [0.25, 0.3) is 6.08 Å². The third-order valence-electron chi connectivity index (χ3n) is 6.47. The van der Waals surface area contributed by atoms with Crippen molar-refractivity contribution < 1.29 is 19.1 Å². The molecule has 3 amide bonds. The van der Waals surface area contributed by atoms with Crippen LogP contribution in [-0.4, -0.2) is 39.9 Å². The number of thioether (sulfide) groups is 1. The van der Waals surface area contributed by atoms with E-state index in [1.807, 2.05) is 30.3 Å². The number of ether oxygens (including phenoxy) is 1. The number of carbonyl (C=O) groups is 3. The van der Waals surface area contributed by atoms with Crippen LogP contribution in [0.3, 0.4) is 0 Å². The topological polar surface area (TPSA) is 66.9 Å². The van der Waals surface area contributed by atoms with Gasteiger partial charge in [-0.3, -0.25) is 19.3 Å². The van der Waals surface area contributed by atoms with Crippen molar-refractivity contribution in [2.24, 2.45) is 0 Å². The van der Waals surface area contributed by atoms with Crippen molar-refractivity contribution in [1.29, 1.82) is 0 Å². The number of amides is 3. The Kier molecular flexibility index (Phi) is 8.44. The average Bonchev–Trinajstić information content (AvgIpc) is 3.16. The van der Waals surface area contributed by atoms with Crippen molar-refractivity contribution in [2.75, 3.05) is 13.1 Å². The maximum absolute atomic E-state index is 13.1. The molecule has 2 aliphatic heterocycles. The molecule has 38 heavy (non-hydrogen) atoms. The Hall–Kier alpha value is -2.38. The highest BCUT2D eigenvalue weighted by molar-refractivity contribution is 14.1. The van der Waals surface area contributed by atoms with Gasteiger partial charge in [0.2, 0.25) is 5.91 Å². The second-order valence-electron chi connectivity index (χ2n) is 9.19. The molecule has 194 valence electrons. The number of hydrogen-bond acceptors (Lipinski definition) is 5. The molecule has 9 heteroatoms. The third-order valence-corrected chi connectivity index (χ3v) is 8.98. The minimum Gasteiger partial charge on any atom is -0.487 e. The van der Waals surface area contributed by atoms with Gasteiger partial charge < -0.3 is 9.64 Å². The smallest absolute Gasteiger partial charge is 0.294 e. The van der Waals surface area contributed by atoms with Crippen LogP contribution in [0, 0.1) is 14.1 Å². The summed E-state index contributed by atoms with van der Waals surface area (Å²) >= 11 is 5.31. The fraction of sp³-hybridized carbons (Fsp3) is 0.207. The molecule has 0 atom stereocenters. The average molecular weight is 750 g/mol. The lowest BCUT2D eigenvalue weighted by molar-refractivity contribution is -0.136. The van der Waals surface area contributed by atoms with Gasteiger partial charge >= 0.3 is 0 Å². The molecule has 3 aromatic carbocycles. The predicted molar refractivity (Wildman–Crippen MR) is 166 cm³/mol. The highest BCUT2D eigenvalue weighted by Gasteiger charge is 2.37. The van der Waals surface area contributed by atoms with Gasteiger partial charge in [0.1, 0.15) is 18.9 Å². The quantitative estimate of drug-likeness (QED) is 0.216. The second kappa shape index (κ2) is 11.8. The van der Waals surface area contributed by atoms with Crippen LogP contribution >= 0.6 is 56.9 Å². The summed E-state index contributed by atoms with van der Waals surface area (Å²) in [7, 11) is 0. The highest BCUT2D eigenvalue weighted by Crippen LogP contribution is 2.35. The minimum atomic E-state index is -0.435. The van der Waals surface area contributed by atoms with Gasteiger partial charge in [-0.1, -0.05) is 54.1 Å². The SMILES string of the molecule is Cc1ccc(COc2c(I)cc(/C=C3\SC(=O)N(CC(=O)N4CCc5ccccc5C4)C3=O)cc2I)cc1. The predicted octanol–water partition coefficient (Wildman–Crippen LogP) is 6.40. The van der Waals surface area contributed by atoms with E-state index in [-0.39, 0.29) is 12.5 Å². The van der Waals surface area contributed by atoms with Crippen molar-refractivity contribution in [2.45, 2.75) is 26.5 Å². The van der Waals surface area contributed by atoms with Crippen LogP contribution in [0.2, 0.25) is 0 Å². The first kappa shape index (κ1) is 27.2. The number of benzene rings is 3. The largest absolute Gasteiger partial charge is 0.487 e. The maximum Gasteiger partial charge on any atom is 0.294 e. The van der Waals surface area contributed by atoms with Crippen LogP contribution in [0.5, 0.6) is 5.75 Å². The minimum absolute atomic E-state index is 0.220. The summed E-state index contributed by atoms with van der Waals surface area (Å²) in [6.45, 7) is 3.34. The molecule has 0 aromatic heterocycles. The molecular formula is C29H24I2N2O4S. The molecule has 2 heterocycles. The summed E-state index contributed by atoms with van der Waals surface area (Å²) in [5, 5.41) is -0.422. The molecule has 0 saturated carbocycles. The Morgan fingerprint density at radius 1 is 1.03 bits per heavy atom. The lowest BCUT2D eigenvalue weighted by Gasteiger charge is -2.29. The van der Waals surface area contributed by atoms with E-state index in [1.54, 1.807) is 11.0 Å². The summed E-state index contributed by atoms with van der Waals surface area (Å²) in [6, 6.07) is 20.1. The lowest BCUT2D eigenvalue weighted by Crippen LogP contribution is -2.44. The van der Waals surface area contributed by atoms with Crippen LogP contribution in [0.1, 0.15) is 27.8 Å². The molecule has 0 bridgehead atoms. The zero-order chi connectivity index (χ0) is 26.8. The summed E-state index contributed by atoms with van der Waals surface area (Å²) in [5.41, 5.74) is 5.43. The summed E-state index contributed by atoms with van der Waals surface area (Å²) in [4.78, 5) is 41.8. The van der Waals surface area contributed by atoms with Gasteiger partial charge in [0.15, 0.2) is 0 Å². The fourth-order valence-electron chi connectivity index (χ4n) is 4.37. The van der Waals surface area contributed by atoms with E-state index in [2.05, 4.69) is 82.4 Å². The van der Waals surface area contributed by atoms with E-state index in [0.29, 0.717) is 24.6 Å². The zero-order valence-electron chi connectivity index (χ0n) is 20.6. The van der Waals surface area contributed by atoms with E-state index < -0.39 is 11.1 Å². The molecule has 2 aliphatic rings. The van der Waals surface area contributed by atoms with Gasteiger partial charge in [-0.25, -0.2) is 0 Å². The number of nitrogens with zero attached hydrogens (tertiary/aromatic N) is 2. The number of halogens is 2. The normalized spacial score (nSPS) is 16.2. The van der Waals surface area contributed by atoms with E-state index in [0.717, 1.165) is 52.7 Å². The Bertz CT molecular complexity index is 1430. The van der Waals surface area contributed by atoms with E-state index in [9.17, 15) is 14.4 Å². The van der Waals surface area contributed by atoms with Gasteiger partial charge in [0.05, 0.1) is 12.0 Å². The number of fused-ring (bicyclic) bond motifs is 1. The first-order chi connectivity index (χ1) is 18.3. The molecule has 0 spiro atoms. The lowest BCUT2D eigenvalue weighted by atomic mass is 10.00. The molecular weight excluding hydrogens is 726 g/mol. The van der Waals surface area contributed by atoms with Crippen LogP contribution < -0.4 is 4.74 Å². The Balaban J connectivity index is 1.25. The van der Waals surface area contributed by atoms with Gasteiger partial charge in [-0.2, -0.15) is 0 Å². The van der Waals surface area contributed by atoms with Gasteiger partial charge in [-0.15, -0.1) is 0 Å². The van der Waals surface area contributed by atoms with Gasteiger partial charge in [0.25, 0.3) is 11.1 Å². The fourth-order valence-corrected chi connectivity index (χ4v) is 7.34. The Morgan fingerprint density at radius 2 is 1.71 bits per heavy atom. The molecule has 3 aromatic rings. The van der Waals surface area contributed by atoms with Gasteiger partial charge in [-0.05, 0) is 111 Å². The van der Waals surface area contributed by atoms with Crippen LogP contribution in [-0.2, 0) is 29.2 Å². The van der Waals surface area contributed by atoms with Gasteiger partial charge in [0, 0.05) is 13.1 Å². The standard InChI is InChI=1S/C29H24I2N2O4S/c1-18-6-8-19(9-7-18)17-37-27-23(30)12-20(13-24(27)31)14-25-28(35)33(29(36)38-25)16-26(34)32-11-10-21-4-2-3-5-22(21)15-32/h2-9,12-14H,10-11,15-17H2,1H3/b25-14-. The van der Waals surface area contributed by atoms with Crippen LogP contribution in [0.15, 0.2) is 65.6 Å². The van der Waals surface area contributed by atoms with E-state index >= 15 is 0 Å². The molecule has 0 radical (unpaired) electrons. The molecule has 0 aliphatic carbocycles. The molecule has 0 unspecified atom stereocenters. The summed E-state index contributed by atoms with van der Waals surface area (Å²) < 4.78 is 7.90. The van der Waals surface area contributed by atoms with Crippen LogP contribution in [0.4, 0.5) is 4.79 Å². The molecule has 1 saturated heterocycles. The van der Waals surface area contributed by atoms with Crippen molar-refractivity contribution in [3.05, 3.63) is 101 Å². The Labute approximate surface area is 253 Å². The third kappa shape index (κ3) is 6.09. The molecule has 0 N–H and O–H groups in total. The molecule has 1 fully saturated rings. The highest BCUT2D eigenvalue weighted by atomic mass is 127. The van der Waals surface area contributed by atoms with Crippen molar-refractivity contribution in [3.63, 3.8) is 0 Å². The Morgan fingerprint density at radius 3 is 2.42 bits per heavy atom. The molecule has 6 nitrogen and oxygen atoms in total. The summed E-state index contributed by atoms with van der Waals surface area (Å²) in [5.74, 6) is 0.128. The van der Waals surface area contributed by atoms with E-state index in [1.165, 1.54) is 11.1 Å². The number of aryl methyl sites for hydroxylation is 1. The number of imide groups is 1. The van der Waals surface area contributed by atoms with Crippen molar-refractivity contribution >= 4 is 80.1 Å². The summed E-state index contributed by atoms with van der Waals surface area (Å²) in [6.07, 6.45) is 2.48. The monoisotopic (exact) mass is 750 g/mol. The zero-order valence-corrected chi connectivity index (χ0v) is 25.7. The number of carbonyl (C=O) groups excluding carboxylic acids is 3. The van der Waals surface area contributed by atoms with E-state index in [4.69, 9.17) is 4.74 Å². The number of rotatable bonds is 6. The first-order valence-electron chi connectivity index (χ1n) is 12.1. The molecule has 5 rings (SSSR count). The second-order valence-corrected chi connectivity index (χ2v) is 12.5. The van der Waals surface area contributed by atoms with Crippen molar-refractivity contribution in [1.82, 2.24) is 9.80 Å².